The Hall–Kier alpha value is -0.850. The van der Waals surface area contributed by atoms with Crippen molar-refractivity contribution in [3.63, 3.8) is 0 Å². The lowest BCUT2D eigenvalue weighted by Gasteiger charge is -2.37. The monoisotopic (exact) mass is 384 g/mol. The van der Waals surface area contributed by atoms with Crippen molar-refractivity contribution in [3.8, 4) is 0 Å². The van der Waals surface area contributed by atoms with E-state index in [9.17, 15) is 48.3 Å². The Balaban J connectivity index is 2.97. The van der Waals surface area contributed by atoms with E-state index in [1.54, 1.807) is 0 Å². The summed E-state index contributed by atoms with van der Waals surface area (Å²) in [5.41, 5.74) is 0. The van der Waals surface area contributed by atoms with Crippen LogP contribution in [0, 0.1) is 0 Å². The highest BCUT2D eigenvalue weighted by Crippen LogP contribution is 2.57. The number of rotatable bonds is 6. The van der Waals surface area contributed by atoms with E-state index in [4.69, 9.17) is 4.74 Å². The van der Waals surface area contributed by atoms with E-state index in [1.807, 2.05) is 0 Å². The van der Waals surface area contributed by atoms with Gasteiger partial charge in [-0.05, 0) is 19.3 Å². The van der Waals surface area contributed by atoms with Gasteiger partial charge in [-0.25, -0.2) is 0 Å². The molecule has 1 fully saturated rings. The summed E-state index contributed by atoms with van der Waals surface area (Å²) in [5, 5.41) is 0. The zero-order valence-corrected chi connectivity index (χ0v) is 11.6. The highest BCUT2D eigenvalue weighted by atomic mass is 19.4. The van der Waals surface area contributed by atoms with E-state index >= 15 is 0 Å². The minimum atomic E-state index is -7.45. The zero-order valence-electron chi connectivity index (χ0n) is 11.6. The van der Waals surface area contributed by atoms with Gasteiger partial charge in [-0.1, -0.05) is 0 Å². The Bertz CT molecular complexity index is 426. The second kappa shape index (κ2) is 6.46. The molecule has 0 aromatic rings. The Morgan fingerprint density at radius 2 is 1.29 bits per heavy atom. The number of halogens is 11. The first kappa shape index (κ1) is 21.2. The van der Waals surface area contributed by atoms with Crippen molar-refractivity contribution in [2.24, 2.45) is 0 Å². The molecule has 0 aliphatic carbocycles. The Kier molecular flexibility index (Phi) is 5.71. The third kappa shape index (κ3) is 3.55. The summed E-state index contributed by atoms with van der Waals surface area (Å²) in [6.07, 6.45) is -13.7. The molecule has 13 heteroatoms. The molecule has 1 unspecified atom stereocenters. The van der Waals surface area contributed by atoms with Crippen LogP contribution in [0.4, 0.5) is 48.3 Å². The summed E-state index contributed by atoms with van der Waals surface area (Å²) >= 11 is 0. The first-order valence-corrected chi connectivity index (χ1v) is 6.41. The fourth-order valence-corrected chi connectivity index (χ4v) is 1.79. The molecule has 144 valence electrons. The van der Waals surface area contributed by atoms with Crippen LogP contribution in [-0.2, 0) is 9.47 Å². The zero-order chi connectivity index (χ0) is 19.0. The van der Waals surface area contributed by atoms with Gasteiger partial charge < -0.3 is 9.47 Å². The maximum Gasteiger partial charge on any atom is 0.460 e. The number of alkyl halides is 11. The molecule has 1 aliphatic rings. The van der Waals surface area contributed by atoms with Gasteiger partial charge in [0.1, 0.15) is 0 Å². The molecule has 1 atom stereocenters. The van der Waals surface area contributed by atoms with Crippen LogP contribution in [0.1, 0.15) is 19.3 Å². The molecular weight excluding hydrogens is 373 g/mol. The van der Waals surface area contributed by atoms with E-state index in [0.717, 1.165) is 0 Å². The lowest BCUT2D eigenvalue weighted by Crippen LogP contribution is -2.67. The minimum Gasteiger partial charge on any atom is -0.376 e. The third-order valence-electron chi connectivity index (χ3n) is 3.23. The van der Waals surface area contributed by atoms with E-state index in [1.165, 1.54) is 0 Å². The van der Waals surface area contributed by atoms with Crippen LogP contribution in [0.5, 0.6) is 0 Å². The summed E-state index contributed by atoms with van der Waals surface area (Å²) < 4.78 is 147. The first-order chi connectivity index (χ1) is 10.6. The highest BCUT2D eigenvalue weighted by molar-refractivity contribution is 5.03. The van der Waals surface area contributed by atoms with Gasteiger partial charge >= 0.3 is 30.1 Å². The van der Waals surface area contributed by atoms with Gasteiger partial charge in [0.25, 0.3) is 0 Å². The number of ether oxygens (including phenoxy) is 2. The SMILES string of the molecule is FC(F)(F)C(F)(F)C(F)(F)C(F)(F)C(F)(F)OCC1CCCCO1. The Labute approximate surface area is 127 Å². The molecule has 0 aromatic heterocycles. The predicted octanol–water partition coefficient (Wildman–Crippen LogP) is 4.63. The molecule has 1 saturated heterocycles. The van der Waals surface area contributed by atoms with Crippen molar-refractivity contribution in [2.75, 3.05) is 13.2 Å². The lowest BCUT2D eigenvalue weighted by atomic mass is 10.0. The summed E-state index contributed by atoms with van der Waals surface area (Å²) in [6.45, 7) is -1.34. The predicted molar refractivity (Wildman–Crippen MR) is 55.4 cm³/mol. The van der Waals surface area contributed by atoms with Gasteiger partial charge in [0.15, 0.2) is 0 Å². The molecule has 1 rings (SSSR count). The van der Waals surface area contributed by atoms with Crippen LogP contribution in [0.15, 0.2) is 0 Å². The van der Waals surface area contributed by atoms with Gasteiger partial charge in [-0.15, -0.1) is 0 Å². The van der Waals surface area contributed by atoms with Crippen LogP contribution in [0.2, 0.25) is 0 Å². The van der Waals surface area contributed by atoms with Gasteiger partial charge in [0, 0.05) is 6.61 Å². The van der Waals surface area contributed by atoms with Gasteiger partial charge in [0.2, 0.25) is 0 Å². The average Bonchev–Trinajstić information content (AvgIpc) is 2.44. The smallest absolute Gasteiger partial charge is 0.376 e. The third-order valence-corrected chi connectivity index (χ3v) is 3.23. The largest absolute Gasteiger partial charge is 0.460 e. The molecular formula is C11H11F11O2. The van der Waals surface area contributed by atoms with Crippen LogP contribution in [0.3, 0.4) is 0 Å². The molecule has 0 radical (unpaired) electrons. The molecule has 0 saturated carbocycles. The lowest BCUT2D eigenvalue weighted by molar-refractivity contribution is -0.458. The van der Waals surface area contributed by atoms with Crippen molar-refractivity contribution in [1.29, 1.82) is 0 Å². The van der Waals surface area contributed by atoms with Crippen molar-refractivity contribution in [2.45, 2.75) is 55.4 Å². The second-order valence-corrected chi connectivity index (χ2v) is 5.04. The van der Waals surface area contributed by atoms with Gasteiger partial charge in [-0.3, -0.25) is 0 Å². The van der Waals surface area contributed by atoms with Crippen molar-refractivity contribution >= 4 is 0 Å². The standard InChI is InChI=1S/C11H11F11O2/c12-7(13,8(14,15)10(18,19)20)9(16,17)11(21,22)24-5-6-3-1-2-4-23-6/h6H,1-5H2. The fourth-order valence-electron chi connectivity index (χ4n) is 1.79. The Morgan fingerprint density at radius 1 is 0.750 bits per heavy atom. The maximum absolute atomic E-state index is 13.2. The Morgan fingerprint density at radius 3 is 1.71 bits per heavy atom. The molecule has 2 nitrogen and oxygen atoms in total. The topological polar surface area (TPSA) is 18.5 Å². The van der Waals surface area contributed by atoms with Gasteiger partial charge in [-0.2, -0.15) is 48.3 Å². The summed E-state index contributed by atoms with van der Waals surface area (Å²) in [4.78, 5) is 0. The molecule has 1 heterocycles. The summed E-state index contributed by atoms with van der Waals surface area (Å²) in [6, 6.07) is 0. The van der Waals surface area contributed by atoms with Crippen LogP contribution in [-0.4, -0.2) is 49.4 Å². The van der Waals surface area contributed by atoms with Crippen molar-refractivity contribution < 1.29 is 57.8 Å². The number of hydrogen-bond acceptors (Lipinski definition) is 2. The molecule has 0 amide bonds. The molecule has 0 N–H and O–H groups in total. The normalized spacial score (nSPS) is 21.9. The van der Waals surface area contributed by atoms with Crippen LogP contribution in [0.25, 0.3) is 0 Å². The minimum absolute atomic E-state index is 0.0384. The highest BCUT2D eigenvalue weighted by Gasteiger charge is 2.88. The van der Waals surface area contributed by atoms with E-state index in [0.29, 0.717) is 12.8 Å². The average molecular weight is 384 g/mol. The van der Waals surface area contributed by atoms with Gasteiger partial charge in [0.05, 0.1) is 12.7 Å². The van der Waals surface area contributed by atoms with E-state index in [2.05, 4.69) is 4.74 Å². The molecule has 0 spiro atoms. The number of hydrogen-bond donors (Lipinski definition) is 0. The second-order valence-electron chi connectivity index (χ2n) is 5.04. The molecule has 0 aromatic carbocycles. The van der Waals surface area contributed by atoms with Crippen LogP contribution >= 0.6 is 0 Å². The fraction of sp³-hybridized carbons (Fsp3) is 1.00. The maximum atomic E-state index is 13.2. The summed E-state index contributed by atoms with van der Waals surface area (Å²) in [7, 11) is 0. The molecule has 1 aliphatic heterocycles. The molecule has 0 bridgehead atoms. The first-order valence-electron chi connectivity index (χ1n) is 6.41. The summed E-state index contributed by atoms with van der Waals surface area (Å²) in [5.74, 6) is -22.0. The quantitative estimate of drug-likeness (QED) is 0.622. The van der Waals surface area contributed by atoms with Crippen molar-refractivity contribution in [1.82, 2.24) is 0 Å². The van der Waals surface area contributed by atoms with E-state index < -0.39 is 42.8 Å². The van der Waals surface area contributed by atoms with Crippen LogP contribution < -0.4 is 0 Å². The molecule has 24 heavy (non-hydrogen) atoms. The van der Waals surface area contributed by atoms with Crippen molar-refractivity contribution in [3.05, 3.63) is 0 Å². The van der Waals surface area contributed by atoms with E-state index in [-0.39, 0.29) is 13.0 Å².